The van der Waals surface area contributed by atoms with Crippen LogP contribution in [0.5, 0.6) is 5.75 Å². The lowest BCUT2D eigenvalue weighted by molar-refractivity contribution is -0.266. The first-order valence-corrected chi connectivity index (χ1v) is 10.7. The van der Waals surface area contributed by atoms with Gasteiger partial charge < -0.3 is 9.84 Å². The normalized spacial score (nSPS) is 13.9. The van der Waals surface area contributed by atoms with Gasteiger partial charge in [0, 0.05) is 17.5 Å². The van der Waals surface area contributed by atoms with Gasteiger partial charge in [0.1, 0.15) is 11.6 Å². The van der Waals surface area contributed by atoms with Crippen LogP contribution in [0.3, 0.4) is 0 Å². The van der Waals surface area contributed by atoms with Gasteiger partial charge in [0.2, 0.25) is 0 Å². The highest BCUT2D eigenvalue weighted by atomic mass is 19.4. The summed E-state index contributed by atoms with van der Waals surface area (Å²) in [6, 6.07) is 16.8. The third-order valence-corrected chi connectivity index (χ3v) is 6.00. The standard InChI is InChI=1S/C27H26F4O3/c1-25(2,23-14-21(28)12-13-24(23)34-3)17-26(33,27(29,30)31)15-18-8-10-19(11-9-18)22-7-5-4-6-20(22)16-32/h4-14,16,33H,15,17H2,1-3H3. The molecule has 0 aromatic heterocycles. The molecule has 3 nitrogen and oxygen atoms in total. The van der Waals surface area contributed by atoms with Crippen molar-refractivity contribution in [2.24, 2.45) is 0 Å². The van der Waals surface area contributed by atoms with E-state index in [4.69, 9.17) is 4.74 Å². The maximum Gasteiger partial charge on any atom is 0.417 e. The molecule has 34 heavy (non-hydrogen) atoms. The summed E-state index contributed by atoms with van der Waals surface area (Å²) in [4.78, 5) is 11.3. The Kier molecular flexibility index (Phi) is 7.17. The third-order valence-electron chi connectivity index (χ3n) is 6.00. The Morgan fingerprint density at radius 1 is 0.971 bits per heavy atom. The van der Waals surface area contributed by atoms with Gasteiger partial charge in [-0.25, -0.2) is 4.39 Å². The van der Waals surface area contributed by atoms with Gasteiger partial charge in [0.15, 0.2) is 11.9 Å². The highest BCUT2D eigenvalue weighted by molar-refractivity contribution is 5.87. The number of halogens is 4. The van der Waals surface area contributed by atoms with Gasteiger partial charge in [0.05, 0.1) is 7.11 Å². The lowest BCUT2D eigenvalue weighted by Crippen LogP contribution is -2.50. The van der Waals surface area contributed by atoms with Crippen LogP contribution in [0.15, 0.2) is 66.7 Å². The second-order valence-corrected chi connectivity index (χ2v) is 9.01. The predicted octanol–water partition coefficient (Wildman–Crippen LogP) is 6.52. The maximum atomic E-state index is 14.1. The molecule has 0 aliphatic rings. The molecule has 0 fully saturated rings. The first-order chi connectivity index (χ1) is 15.9. The Morgan fingerprint density at radius 2 is 1.62 bits per heavy atom. The van der Waals surface area contributed by atoms with Crippen molar-refractivity contribution < 1.29 is 32.2 Å². The first kappa shape index (κ1) is 25.4. The van der Waals surface area contributed by atoms with Crippen LogP contribution in [-0.2, 0) is 11.8 Å². The monoisotopic (exact) mass is 474 g/mol. The van der Waals surface area contributed by atoms with Crippen molar-refractivity contribution in [1.82, 2.24) is 0 Å². The van der Waals surface area contributed by atoms with Gasteiger partial charge in [0.25, 0.3) is 0 Å². The van der Waals surface area contributed by atoms with Crippen molar-refractivity contribution in [1.29, 1.82) is 0 Å². The van der Waals surface area contributed by atoms with E-state index in [-0.39, 0.29) is 16.9 Å². The van der Waals surface area contributed by atoms with E-state index in [9.17, 15) is 27.5 Å². The fraction of sp³-hybridized carbons (Fsp3) is 0.296. The number of ether oxygens (including phenoxy) is 1. The zero-order chi connectivity index (χ0) is 25.1. The second kappa shape index (κ2) is 9.58. The van der Waals surface area contributed by atoms with Gasteiger partial charge in [-0.1, -0.05) is 62.4 Å². The van der Waals surface area contributed by atoms with Gasteiger partial charge >= 0.3 is 6.18 Å². The number of rotatable bonds is 8. The molecule has 0 saturated heterocycles. The third kappa shape index (κ3) is 5.30. The van der Waals surface area contributed by atoms with Gasteiger partial charge in [-0.15, -0.1) is 0 Å². The molecule has 3 aromatic rings. The minimum absolute atomic E-state index is 0.235. The number of hydrogen-bond donors (Lipinski definition) is 1. The molecule has 180 valence electrons. The average molecular weight is 474 g/mol. The maximum absolute atomic E-state index is 14.1. The van der Waals surface area contributed by atoms with E-state index < -0.39 is 35.9 Å². The van der Waals surface area contributed by atoms with Crippen LogP contribution in [-0.4, -0.2) is 30.3 Å². The zero-order valence-electron chi connectivity index (χ0n) is 19.1. The molecule has 1 N–H and O–H groups in total. The molecule has 0 radical (unpaired) electrons. The topological polar surface area (TPSA) is 46.5 Å². The summed E-state index contributed by atoms with van der Waals surface area (Å²) in [7, 11) is 1.35. The first-order valence-electron chi connectivity index (χ1n) is 10.7. The zero-order valence-corrected chi connectivity index (χ0v) is 19.1. The summed E-state index contributed by atoms with van der Waals surface area (Å²) in [5.74, 6) is -0.361. The van der Waals surface area contributed by atoms with Crippen molar-refractivity contribution in [2.75, 3.05) is 7.11 Å². The van der Waals surface area contributed by atoms with Crippen molar-refractivity contribution in [3.8, 4) is 16.9 Å². The summed E-state index contributed by atoms with van der Waals surface area (Å²) >= 11 is 0. The molecule has 0 amide bonds. The minimum atomic E-state index is -4.94. The van der Waals surface area contributed by atoms with Gasteiger partial charge in [-0.05, 0) is 46.7 Å². The van der Waals surface area contributed by atoms with Gasteiger partial charge in [-0.3, -0.25) is 4.79 Å². The van der Waals surface area contributed by atoms with E-state index >= 15 is 0 Å². The lowest BCUT2D eigenvalue weighted by atomic mass is 9.72. The fourth-order valence-electron chi connectivity index (χ4n) is 4.30. The fourth-order valence-corrected chi connectivity index (χ4v) is 4.30. The smallest absolute Gasteiger partial charge is 0.417 e. The van der Waals surface area contributed by atoms with Crippen LogP contribution in [0, 0.1) is 5.82 Å². The van der Waals surface area contributed by atoms with Crippen molar-refractivity contribution >= 4 is 6.29 Å². The molecule has 0 aliphatic carbocycles. The molecule has 0 aliphatic heterocycles. The van der Waals surface area contributed by atoms with Crippen molar-refractivity contribution in [3.05, 3.63) is 89.2 Å². The quantitative estimate of drug-likeness (QED) is 0.299. The Morgan fingerprint density at radius 3 is 2.21 bits per heavy atom. The molecule has 7 heteroatoms. The molecule has 1 unspecified atom stereocenters. The number of aldehydes is 1. The van der Waals surface area contributed by atoms with E-state index in [2.05, 4.69) is 0 Å². The Hall–Kier alpha value is -3.19. The second-order valence-electron chi connectivity index (χ2n) is 9.01. The van der Waals surface area contributed by atoms with Crippen LogP contribution >= 0.6 is 0 Å². The SMILES string of the molecule is COc1ccc(F)cc1C(C)(C)CC(O)(Cc1ccc(-c2ccccc2C=O)cc1)C(F)(F)F. The summed E-state index contributed by atoms with van der Waals surface area (Å²) in [5.41, 5.74) is -2.03. The summed E-state index contributed by atoms with van der Waals surface area (Å²) in [6.45, 7) is 3.03. The molecule has 0 saturated carbocycles. The molecule has 0 heterocycles. The number of methoxy groups -OCH3 is 1. The highest BCUT2D eigenvalue weighted by Crippen LogP contribution is 2.45. The highest BCUT2D eigenvalue weighted by Gasteiger charge is 2.56. The van der Waals surface area contributed by atoms with E-state index in [0.717, 1.165) is 6.07 Å². The Bertz CT molecular complexity index is 1150. The summed E-state index contributed by atoms with van der Waals surface area (Å²) < 4.78 is 61.6. The molecule has 3 rings (SSSR count). The summed E-state index contributed by atoms with van der Waals surface area (Å²) in [6.07, 6.45) is -5.62. The van der Waals surface area contributed by atoms with Gasteiger partial charge in [-0.2, -0.15) is 13.2 Å². The van der Waals surface area contributed by atoms with Crippen LogP contribution < -0.4 is 4.74 Å². The van der Waals surface area contributed by atoms with Crippen LogP contribution in [0.2, 0.25) is 0 Å². The molecule has 0 bridgehead atoms. The van der Waals surface area contributed by atoms with Crippen LogP contribution in [0.25, 0.3) is 11.1 Å². The molecular formula is C27H26F4O3. The number of benzene rings is 3. The molecular weight excluding hydrogens is 448 g/mol. The van der Waals surface area contributed by atoms with E-state index in [1.807, 2.05) is 0 Å². The number of hydrogen-bond acceptors (Lipinski definition) is 3. The minimum Gasteiger partial charge on any atom is -0.496 e. The molecule has 1 atom stereocenters. The van der Waals surface area contributed by atoms with E-state index in [1.165, 1.54) is 45.2 Å². The largest absolute Gasteiger partial charge is 0.496 e. The molecule has 0 spiro atoms. The molecule has 3 aromatic carbocycles. The number of alkyl halides is 3. The van der Waals surface area contributed by atoms with Crippen molar-refractivity contribution in [3.63, 3.8) is 0 Å². The lowest BCUT2D eigenvalue weighted by Gasteiger charge is -2.38. The number of aliphatic hydroxyl groups is 1. The van der Waals surface area contributed by atoms with Crippen LogP contribution in [0.4, 0.5) is 17.6 Å². The van der Waals surface area contributed by atoms with E-state index in [1.54, 1.807) is 36.4 Å². The van der Waals surface area contributed by atoms with Crippen LogP contribution in [0.1, 0.15) is 41.8 Å². The average Bonchev–Trinajstić information content (AvgIpc) is 2.78. The number of carbonyl (C=O) groups excluding carboxylic acids is 1. The van der Waals surface area contributed by atoms with Crippen molar-refractivity contribution in [2.45, 2.75) is 43.9 Å². The number of carbonyl (C=O) groups is 1. The Balaban J connectivity index is 1.93. The summed E-state index contributed by atoms with van der Waals surface area (Å²) in [5, 5.41) is 10.9. The van der Waals surface area contributed by atoms with E-state index in [0.29, 0.717) is 23.0 Å². The predicted molar refractivity (Wildman–Crippen MR) is 123 cm³/mol. The Labute approximate surface area is 196 Å².